The molecule has 4 aromatic rings. The predicted molar refractivity (Wildman–Crippen MR) is 153 cm³/mol. The van der Waals surface area contributed by atoms with Crippen LogP contribution in [-0.4, -0.2) is 33.8 Å². The molecule has 0 spiro atoms. The largest absolute Gasteiger partial charge is 0.508 e. The quantitative estimate of drug-likeness (QED) is 0.320. The van der Waals surface area contributed by atoms with Crippen LogP contribution in [0.3, 0.4) is 0 Å². The van der Waals surface area contributed by atoms with Gasteiger partial charge in [0, 0.05) is 5.41 Å². The van der Waals surface area contributed by atoms with Crippen molar-refractivity contribution in [3.8, 4) is 11.5 Å². The van der Waals surface area contributed by atoms with Crippen molar-refractivity contribution >= 4 is 35.0 Å². The number of aryl methyl sites for hydroxylation is 2. The summed E-state index contributed by atoms with van der Waals surface area (Å²) in [6, 6.07) is 19.2. The van der Waals surface area contributed by atoms with E-state index >= 15 is 0 Å². The molecule has 0 saturated heterocycles. The zero-order valence-corrected chi connectivity index (χ0v) is 22.9. The number of aromatic hydroxyl groups is 2. The van der Waals surface area contributed by atoms with Gasteiger partial charge in [-0.2, -0.15) is 0 Å². The van der Waals surface area contributed by atoms with E-state index in [-0.39, 0.29) is 33.8 Å². The third-order valence-electron chi connectivity index (χ3n) is 8.06. The lowest BCUT2D eigenvalue weighted by atomic mass is 9.76. The molecule has 0 radical (unpaired) electrons. The van der Waals surface area contributed by atoms with Gasteiger partial charge >= 0.3 is 0 Å². The van der Waals surface area contributed by atoms with Crippen molar-refractivity contribution in [1.29, 1.82) is 0 Å². The third kappa shape index (κ3) is 3.82. The number of phenolic OH excluding ortho intramolecular Hbond substituents is 2. The minimum atomic E-state index is -0.694. The summed E-state index contributed by atoms with van der Waals surface area (Å²) in [7, 11) is 0. The summed E-state index contributed by atoms with van der Waals surface area (Å²) < 4.78 is 0. The molecule has 2 heterocycles. The van der Waals surface area contributed by atoms with E-state index in [4.69, 9.17) is 0 Å². The van der Waals surface area contributed by atoms with E-state index in [0.717, 1.165) is 20.9 Å². The van der Waals surface area contributed by atoms with Crippen LogP contribution in [0.15, 0.2) is 72.8 Å². The molecule has 2 aliphatic heterocycles. The number of imide groups is 2. The summed E-state index contributed by atoms with van der Waals surface area (Å²) in [6.45, 7) is 7.33. The topological polar surface area (TPSA) is 115 Å². The fraction of sp³-hybridized carbons (Fsp3) is 0.152. The van der Waals surface area contributed by atoms with Crippen molar-refractivity contribution in [3.63, 3.8) is 0 Å². The minimum Gasteiger partial charge on any atom is -0.508 e. The van der Waals surface area contributed by atoms with Gasteiger partial charge in [0.1, 0.15) is 11.5 Å². The molecule has 0 aliphatic carbocycles. The smallest absolute Gasteiger partial charge is 0.266 e. The highest BCUT2D eigenvalue weighted by Gasteiger charge is 2.41. The minimum absolute atomic E-state index is 0.0442. The molecule has 0 bridgehead atoms. The molecule has 204 valence electrons. The summed E-state index contributed by atoms with van der Waals surface area (Å²) in [5.41, 5.74) is 3.94. The zero-order valence-electron chi connectivity index (χ0n) is 22.9. The Labute approximate surface area is 236 Å². The lowest BCUT2D eigenvalue weighted by Crippen LogP contribution is -2.30. The van der Waals surface area contributed by atoms with Crippen LogP contribution in [0, 0.1) is 13.8 Å². The summed E-state index contributed by atoms with van der Waals surface area (Å²) in [6.07, 6.45) is 0. The number of hydrogen-bond acceptors (Lipinski definition) is 6. The molecular weight excluding hydrogens is 520 g/mol. The van der Waals surface area contributed by atoms with Crippen LogP contribution in [0.2, 0.25) is 0 Å². The van der Waals surface area contributed by atoms with Gasteiger partial charge in [-0.3, -0.25) is 19.2 Å². The Kier molecular flexibility index (Phi) is 5.64. The first kappa shape index (κ1) is 26.0. The van der Waals surface area contributed by atoms with Gasteiger partial charge < -0.3 is 10.2 Å². The molecule has 8 nitrogen and oxygen atoms in total. The second-order valence-corrected chi connectivity index (χ2v) is 11.0. The van der Waals surface area contributed by atoms with E-state index in [2.05, 4.69) is 0 Å². The maximum absolute atomic E-state index is 13.5. The van der Waals surface area contributed by atoms with Gasteiger partial charge in [-0.1, -0.05) is 26.0 Å². The number of amides is 4. The van der Waals surface area contributed by atoms with Gasteiger partial charge in [-0.05, 0) is 96.8 Å². The standard InChI is InChI=1S/C33H26N2O6/c1-17-13-21(36)7-11-27(17)34-29(38)23-9-5-19(15-25(23)31(34)40)33(3,4)20-6-10-24-26(16-20)32(41)35(30(24)39)28-12-8-22(37)14-18(28)2/h5-16,36-37H,1-4H3. The highest BCUT2D eigenvalue weighted by atomic mass is 16.3. The first-order valence-corrected chi connectivity index (χ1v) is 13.1. The predicted octanol–water partition coefficient (Wildman–Crippen LogP) is 5.64. The van der Waals surface area contributed by atoms with E-state index in [0.29, 0.717) is 22.5 Å². The van der Waals surface area contributed by atoms with Crippen molar-refractivity contribution in [3.05, 3.63) is 117 Å². The molecule has 4 amide bonds. The molecule has 41 heavy (non-hydrogen) atoms. The first-order valence-electron chi connectivity index (χ1n) is 13.1. The molecule has 6 rings (SSSR count). The van der Waals surface area contributed by atoms with Crippen LogP contribution in [0.25, 0.3) is 0 Å². The Balaban J connectivity index is 1.36. The second-order valence-electron chi connectivity index (χ2n) is 11.0. The Hall–Kier alpha value is -5.24. The Bertz CT molecular complexity index is 1720. The van der Waals surface area contributed by atoms with E-state index in [1.807, 2.05) is 13.8 Å². The number of phenols is 2. The van der Waals surface area contributed by atoms with Gasteiger partial charge in [-0.15, -0.1) is 0 Å². The number of benzene rings is 4. The van der Waals surface area contributed by atoms with Gasteiger partial charge in [0.05, 0.1) is 33.6 Å². The van der Waals surface area contributed by atoms with Crippen LogP contribution in [0.5, 0.6) is 11.5 Å². The summed E-state index contributed by atoms with van der Waals surface area (Å²) in [5, 5.41) is 19.5. The molecule has 2 aliphatic rings. The maximum Gasteiger partial charge on any atom is 0.266 e. The summed E-state index contributed by atoms with van der Waals surface area (Å²) in [5.74, 6) is -1.69. The van der Waals surface area contributed by atoms with E-state index in [1.54, 1.807) is 62.4 Å². The molecule has 2 N–H and O–H groups in total. The first-order chi connectivity index (χ1) is 19.4. The highest BCUT2D eigenvalue weighted by Crippen LogP contribution is 2.39. The maximum atomic E-state index is 13.5. The SMILES string of the molecule is Cc1cc(O)ccc1N1C(=O)c2ccc(C(C)(C)c3ccc4c(c3)C(=O)N(c3ccc(O)cc3C)C4=O)cc2C1=O. The van der Waals surface area contributed by atoms with Crippen molar-refractivity contribution < 1.29 is 29.4 Å². The Morgan fingerprint density at radius 1 is 0.512 bits per heavy atom. The number of anilines is 2. The van der Waals surface area contributed by atoms with Crippen LogP contribution in [0.4, 0.5) is 11.4 Å². The number of nitrogens with zero attached hydrogens (tertiary/aromatic N) is 2. The fourth-order valence-electron chi connectivity index (χ4n) is 5.64. The highest BCUT2D eigenvalue weighted by molar-refractivity contribution is 6.35. The number of carbonyl (C=O) groups excluding carboxylic acids is 4. The van der Waals surface area contributed by atoms with Crippen molar-refractivity contribution in [2.45, 2.75) is 33.1 Å². The molecule has 8 heteroatoms. The van der Waals surface area contributed by atoms with Crippen LogP contribution in [-0.2, 0) is 5.41 Å². The lowest BCUT2D eigenvalue weighted by molar-refractivity contribution is 0.0910. The molecule has 0 unspecified atom stereocenters. The molecular formula is C33H26N2O6. The summed E-state index contributed by atoms with van der Waals surface area (Å²) in [4.78, 5) is 55.6. The number of rotatable bonds is 4. The monoisotopic (exact) mass is 546 g/mol. The van der Waals surface area contributed by atoms with Crippen LogP contribution >= 0.6 is 0 Å². The van der Waals surface area contributed by atoms with E-state index < -0.39 is 29.0 Å². The Morgan fingerprint density at radius 3 is 1.24 bits per heavy atom. The van der Waals surface area contributed by atoms with E-state index in [9.17, 15) is 29.4 Å². The van der Waals surface area contributed by atoms with Gasteiger partial charge in [0.15, 0.2) is 0 Å². The number of fused-ring (bicyclic) bond motifs is 2. The average molecular weight is 547 g/mol. The molecule has 0 saturated carbocycles. The molecule has 0 atom stereocenters. The third-order valence-corrected chi connectivity index (χ3v) is 8.06. The number of carbonyl (C=O) groups is 4. The van der Waals surface area contributed by atoms with Gasteiger partial charge in [-0.25, -0.2) is 9.80 Å². The molecule has 0 aromatic heterocycles. The molecule has 0 fully saturated rings. The normalized spacial score (nSPS) is 14.6. The van der Waals surface area contributed by atoms with Crippen molar-refractivity contribution in [1.82, 2.24) is 0 Å². The second kappa shape index (κ2) is 8.89. The molecule has 4 aromatic carbocycles. The summed E-state index contributed by atoms with van der Waals surface area (Å²) >= 11 is 0. The van der Waals surface area contributed by atoms with Crippen LogP contribution in [0.1, 0.15) is 77.5 Å². The average Bonchev–Trinajstić information content (AvgIpc) is 3.33. The number of hydrogen-bond donors (Lipinski definition) is 2. The van der Waals surface area contributed by atoms with Crippen molar-refractivity contribution in [2.24, 2.45) is 0 Å². The zero-order chi connectivity index (χ0) is 29.4. The fourth-order valence-corrected chi connectivity index (χ4v) is 5.64. The van der Waals surface area contributed by atoms with E-state index in [1.165, 1.54) is 24.3 Å². The Morgan fingerprint density at radius 2 is 0.878 bits per heavy atom. The van der Waals surface area contributed by atoms with Crippen LogP contribution < -0.4 is 9.80 Å². The van der Waals surface area contributed by atoms with Gasteiger partial charge in [0.25, 0.3) is 23.6 Å². The van der Waals surface area contributed by atoms with Crippen molar-refractivity contribution in [2.75, 3.05) is 9.80 Å². The lowest BCUT2D eigenvalue weighted by Gasteiger charge is -2.27. The van der Waals surface area contributed by atoms with Gasteiger partial charge in [0.2, 0.25) is 0 Å².